The highest BCUT2D eigenvalue weighted by atomic mass is 16.2. The predicted octanol–water partition coefficient (Wildman–Crippen LogP) is 5.20. The Kier molecular flexibility index (Phi) is 7.70. The van der Waals surface area contributed by atoms with Crippen molar-refractivity contribution in [1.82, 2.24) is 15.2 Å². The minimum atomic E-state index is -0.218. The second-order valence-corrected chi connectivity index (χ2v) is 10.9. The molecule has 0 radical (unpaired) electrons. The number of likely N-dealkylation sites (tertiary alicyclic amines) is 1. The molecule has 0 spiro atoms. The third kappa shape index (κ3) is 5.06. The molecule has 0 bridgehead atoms. The summed E-state index contributed by atoms with van der Waals surface area (Å²) in [7, 11) is 1.82. The Morgan fingerprint density at radius 2 is 1.86 bits per heavy atom. The number of benzene rings is 1. The van der Waals surface area contributed by atoms with Crippen LogP contribution in [0.4, 0.5) is 11.5 Å². The first kappa shape index (κ1) is 24.9. The van der Waals surface area contributed by atoms with E-state index in [4.69, 9.17) is 4.98 Å². The van der Waals surface area contributed by atoms with Crippen molar-refractivity contribution >= 4 is 23.2 Å². The first-order valence-electron chi connectivity index (χ1n) is 13.9. The molecule has 1 aromatic heterocycles. The minimum absolute atomic E-state index is 0.0556. The van der Waals surface area contributed by atoms with Gasteiger partial charge in [0.2, 0.25) is 5.91 Å². The molecule has 6 nitrogen and oxygen atoms in total. The van der Waals surface area contributed by atoms with Gasteiger partial charge >= 0.3 is 0 Å². The number of Topliss-reactive ketones (excluding diaryl/α,β-unsaturated/α-hetero) is 1. The summed E-state index contributed by atoms with van der Waals surface area (Å²) < 4.78 is 0. The lowest BCUT2D eigenvalue weighted by Crippen LogP contribution is -2.42. The molecule has 2 aliphatic heterocycles. The number of pyridine rings is 1. The van der Waals surface area contributed by atoms with Crippen molar-refractivity contribution in [2.24, 2.45) is 11.8 Å². The molecule has 3 aliphatic rings. The Balaban J connectivity index is 1.38. The Hall–Kier alpha value is -2.73. The monoisotopic (exact) mass is 488 g/mol. The number of para-hydroxylation sites is 1. The highest BCUT2D eigenvalue weighted by Crippen LogP contribution is 2.40. The molecule has 1 amide bonds. The summed E-state index contributed by atoms with van der Waals surface area (Å²) in [6, 6.07) is 12.6. The van der Waals surface area contributed by atoms with Gasteiger partial charge < -0.3 is 15.1 Å². The lowest BCUT2D eigenvalue weighted by molar-refractivity contribution is -0.141. The number of fused-ring (bicyclic) bond motifs is 1. The van der Waals surface area contributed by atoms with Gasteiger partial charge in [-0.2, -0.15) is 0 Å². The van der Waals surface area contributed by atoms with Gasteiger partial charge in [-0.1, -0.05) is 37.5 Å². The first-order chi connectivity index (χ1) is 17.6. The average Bonchev–Trinajstić information content (AvgIpc) is 3.59. The van der Waals surface area contributed by atoms with Gasteiger partial charge in [-0.15, -0.1) is 0 Å². The summed E-state index contributed by atoms with van der Waals surface area (Å²) in [5.41, 5.74) is 3.75. The summed E-state index contributed by atoms with van der Waals surface area (Å²) in [5.74, 6) is 1.40. The number of carbonyl (C=O) groups is 2. The van der Waals surface area contributed by atoms with Crippen molar-refractivity contribution in [2.75, 3.05) is 25.0 Å². The van der Waals surface area contributed by atoms with Crippen LogP contribution in [0, 0.1) is 11.8 Å². The smallest absolute Gasteiger partial charge is 0.226 e. The number of rotatable bonds is 8. The van der Waals surface area contributed by atoms with Crippen LogP contribution in [0.5, 0.6) is 0 Å². The van der Waals surface area contributed by atoms with Gasteiger partial charge in [0, 0.05) is 37.3 Å². The predicted molar refractivity (Wildman–Crippen MR) is 143 cm³/mol. The van der Waals surface area contributed by atoms with E-state index in [1.54, 1.807) is 0 Å². The van der Waals surface area contributed by atoms with E-state index < -0.39 is 0 Å². The molecule has 2 unspecified atom stereocenters. The summed E-state index contributed by atoms with van der Waals surface area (Å²) in [5, 5.41) is 3.07. The Bertz CT molecular complexity index is 1080. The highest BCUT2D eigenvalue weighted by Gasteiger charge is 2.39. The molecule has 6 heteroatoms. The summed E-state index contributed by atoms with van der Waals surface area (Å²) >= 11 is 0. The van der Waals surface area contributed by atoms with E-state index in [9.17, 15) is 9.59 Å². The standard InChI is InChI=1S/C30H40N4O2/c1-21(31-2)28(35)20-25(22-9-4-3-5-10-22)30(36)34-17-8-13-27(34)24-14-16-32-29(19-24)33-18-15-23-11-6-7-12-26(23)33/h6-7,11-12,14,16,19,21-22,25,27,31H,3-5,8-10,13,15,17-18,20H2,1-2H3/t21?,25-,27?/m0/s1. The van der Waals surface area contributed by atoms with Crippen LogP contribution in [0.15, 0.2) is 42.6 Å². The van der Waals surface area contributed by atoms with Crippen molar-refractivity contribution in [1.29, 1.82) is 0 Å². The third-order valence-electron chi connectivity index (χ3n) is 8.73. The van der Waals surface area contributed by atoms with Crippen molar-refractivity contribution in [3.63, 3.8) is 0 Å². The van der Waals surface area contributed by atoms with Crippen LogP contribution in [-0.2, 0) is 16.0 Å². The van der Waals surface area contributed by atoms with Crippen LogP contribution in [-0.4, -0.2) is 47.8 Å². The van der Waals surface area contributed by atoms with Crippen molar-refractivity contribution in [3.05, 3.63) is 53.7 Å². The summed E-state index contributed by atoms with van der Waals surface area (Å²) in [6.07, 6.45) is 10.9. The van der Waals surface area contributed by atoms with Crippen molar-refractivity contribution in [2.45, 2.75) is 76.8 Å². The summed E-state index contributed by atoms with van der Waals surface area (Å²) in [6.45, 7) is 3.60. The maximum absolute atomic E-state index is 14.1. The Labute approximate surface area is 215 Å². The molecule has 2 fully saturated rings. The number of carbonyl (C=O) groups excluding carboxylic acids is 2. The largest absolute Gasteiger partial charge is 0.335 e. The maximum Gasteiger partial charge on any atom is 0.226 e. The molecular weight excluding hydrogens is 448 g/mol. The van der Waals surface area contributed by atoms with E-state index in [0.29, 0.717) is 12.3 Å². The second kappa shape index (κ2) is 11.1. The number of likely N-dealkylation sites (N-methyl/N-ethyl adjacent to an activating group) is 1. The van der Waals surface area contributed by atoms with Gasteiger partial charge in [0.15, 0.2) is 0 Å². The van der Waals surface area contributed by atoms with Crippen LogP contribution >= 0.6 is 0 Å². The van der Waals surface area contributed by atoms with E-state index in [1.165, 1.54) is 30.5 Å². The molecule has 2 aromatic rings. The van der Waals surface area contributed by atoms with Crippen LogP contribution < -0.4 is 10.2 Å². The fraction of sp³-hybridized carbons (Fsp3) is 0.567. The molecule has 36 heavy (non-hydrogen) atoms. The lowest BCUT2D eigenvalue weighted by atomic mass is 9.76. The second-order valence-electron chi connectivity index (χ2n) is 10.9. The van der Waals surface area contributed by atoms with Crippen LogP contribution in [0.1, 0.15) is 75.5 Å². The normalized spacial score (nSPS) is 21.9. The SMILES string of the molecule is CNC(C)C(=O)C[C@H](C(=O)N1CCCC1c1ccnc(N2CCc3ccccc32)c1)C1CCCCC1. The highest BCUT2D eigenvalue weighted by molar-refractivity contribution is 5.90. The van der Waals surface area contributed by atoms with Gasteiger partial charge in [0.05, 0.1) is 12.1 Å². The number of nitrogens with zero attached hydrogens (tertiary/aromatic N) is 3. The average molecular weight is 489 g/mol. The van der Waals surface area contributed by atoms with Gasteiger partial charge in [0.1, 0.15) is 11.6 Å². The van der Waals surface area contributed by atoms with Crippen molar-refractivity contribution < 1.29 is 9.59 Å². The molecule has 5 rings (SSSR count). The molecule has 3 heterocycles. The zero-order valence-electron chi connectivity index (χ0n) is 21.8. The van der Waals surface area contributed by atoms with E-state index in [0.717, 1.165) is 56.6 Å². The molecule has 1 saturated heterocycles. The Morgan fingerprint density at radius 1 is 1.06 bits per heavy atom. The zero-order chi connectivity index (χ0) is 25.1. The van der Waals surface area contributed by atoms with E-state index in [2.05, 4.69) is 51.5 Å². The Morgan fingerprint density at radius 3 is 2.67 bits per heavy atom. The third-order valence-corrected chi connectivity index (χ3v) is 8.73. The molecule has 1 N–H and O–H groups in total. The molecule has 1 aromatic carbocycles. The number of hydrogen-bond donors (Lipinski definition) is 1. The number of amides is 1. The molecular formula is C30H40N4O2. The van der Waals surface area contributed by atoms with Crippen LogP contribution in [0.2, 0.25) is 0 Å². The lowest BCUT2D eigenvalue weighted by Gasteiger charge is -2.35. The number of anilines is 2. The number of hydrogen-bond acceptors (Lipinski definition) is 5. The number of aromatic nitrogens is 1. The van der Waals surface area contributed by atoms with Gasteiger partial charge in [-0.25, -0.2) is 4.98 Å². The van der Waals surface area contributed by atoms with Gasteiger partial charge in [-0.3, -0.25) is 9.59 Å². The van der Waals surface area contributed by atoms with Crippen molar-refractivity contribution in [3.8, 4) is 0 Å². The quantitative estimate of drug-likeness (QED) is 0.553. The van der Waals surface area contributed by atoms with Gasteiger partial charge in [-0.05, 0) is 81.3 Å². The number of nitrogens with one attached hydrogen (secondary N) is 1. The van der Waals surface area contributed by atoms with Crippen LogP contribution in [0.3, 0.4) is 0 Å². The molecule has 192 valence electrons. The molecule has 1 aliphatic carbocycles. The first-order valence-corrected chi connectivity index (χ1v) is 13.9. The van der Waals surface area contributed by atoms with E-state index in [-0.39, 0.29) is 29.7 Å². The van der Waals surface area contributed by atoms with Crippen LogP contribution in [0.25, 0.3) is 0 Å². The fourth-order valence-electron chi connectivity index (χ4n) is 6.50. The molecule has 3 atom stereocenters. The maximum atomic E-state index is 14.1. The fourth-order valence-corrected chi connectivity index (χ4v) is 6.50. The molecule has 1 saturated carbocycles. The van der Waals surface area contributed by atoms with E-state index >= 15 is 0 Å². The topological polar surface area (TPSA) is 65.5 Å². The zero-order valence-corrected chi connectivity index (χ0v) is 21.8. The minimum Gasteiger partial charge on any atom is -0.335 e. The van der Waals surface area contributed by atoms with Gasteiger partial charge in [0.25, 0.3) is 0 Å². The summed E-state index contributed by atoms with van der Waals surface area (Å²) in [4.78, 5) is 36.1. The van der Waals surface area contributed by atoms with E-state index in [1.807, 2.05) is 20.2 Å². The number of ketones is 1.